The molecule has 0 aliphatic rings. The Bertz CT molecular complexity index is 915. The lowest BCUT2D eigenvalue weighted by Gasteiger charge is -2.20. The lowest BCUT2D eigenvalue weighted by atomic mass is 10.0. The molecule has 2 aromatic rings. The SMILES string of the molecule is CCCCOc1ccc(C=NNC(=O)C(NC(=O)c2ccc(Cl)c(Cl)c2)C(C)C)cc1. The number of hydrogen-bond acceptors (Lipinski definition) is 4. The first-order chi connectivity index (χ1) is 14.8. The van der Waals surface area contributed by atoms with E-state index >= 15 is 0 Å². The predicted molar refractivity (Wildman–Crippen MR) is 125 cm³/mol. The highest BCUT2D eigenvalue weighted by Crippen LogP contribution is 2.22. The molecule has 2 amide bonds. The number of benzene rings is 2. The summed E-state index contributed by atoms with van der Waals surface area (Å²) in [5.74, 6) is -0.199. The summed E-state index contributed by atoms with van der Waals surface area (Å²) >= 11 is 11.9. The second kappa shape index (κ2) is 12.3. The third-order valence-corrected chi connectivity index (χ3v) is 5.19. The minimum Gasteiger partial charge on any atom is -0.494 e. The van der Waals surface area contributed by atoms with Crippen LogP contribution in [-0.2, 0) is 4.79 Å². The second-order valence-electron chi connectivity index (χ2n) is 7.33. The Balaban J connectivity index is 1.94. The number of nitrogens with zero attached hydrogens (tertiary/aromatic N) is 1. The standard InChI is InChI=1S/C23H27Cl2N3O3/c1-4-5-12-31-18-9-6-16(7-10-18)14-26-28-23(30)21(15(2)3)27-22(29)17-8-11-19(24)20(25)13-17/h6-11,13-15,21H,4-5,12H2,1-3H3,(H,27,29)(H,28,30). The number of hydrogen-bond donors (Lipinski definition) is 2. The van der Waals surface area contributed by atoms with E-state index in [1.807, 2.05) is 38.1 Å². The molecule has 0 saturated heterocycles. The van der Waals surface area contributed by atoms with Crippen LogP contribution >= 0.6 is 23.2 Å². The Kier molecular flexibility index (Phi) is 9.82. The van der Waals surface area contributed by atoms with Crippen molar-refractivity contribution < 1.29 is 14.3 Å². The second-order valence-corrected chi connectivity index (χ2v) is 8.14. The lowest BCUT2D eigenvalue weighted by Crippen LogP contribution is -2.48. The number of carbonyl (C=O) groups excluding carboxylic acids is 2. The highest BCUT2D eigenvalue weighted by Gasteiger charge is 2.24. The van der Waals surface area contributed by atoms with E-state index in [0.717, 1.165) is 24.2 Å². The van der Waals surface area contributed by atoms with Gasteiger partial charge in [-0.05, 0) is 60.4 Å². The third-order valence-electron chi connectivity index (χ3n) is 4.45. The Morgan fingerprint density at radius 3 is 2.42 bits per heavy atom. The highest BCUT2D eigenvalue weighted by molar-refractivity contribution is 6.42. The van der Waals surface area contributed by atoms with E-state index in [-0.39, 0.29) is 10.9 Å². The molecule has 2 rings (SSSR count). The first kappa shape index (κ1) is 24.7. The van der Waals surface area contributed by atoms with Crippen molar-refractivity contribution in [2.24, 2.45) is 11.0 Å². The van der Waals surface area contributed by atoms with Crippen molar-refractivity contribution in [3.05, 3.63) is 63.6 Å². The van der Waals surface area contributed by atoms with Crippen LogP contribution in [-0.4, -0.2) is 30.7 Å². The van der Waals surface area contributed by atoms with Crippen molar-refractivity contribution in [1.82, 2.24) is 10.7 Å². The molecule has 2 aromatic carbocycles. The summed E-state index contributed by atoms with van der Waals surface area (Å²) in [7, 11) is 0. The van der Waals surface area contributed by atoms with Gasteiger partial charge >= 0.3 is 0 Å². The average molecular weight is 464 g/mol. The Morgan fingerprint density at radius 1 is 1.10 bits per heavy atom. The minimum atomic E-state index is -0.770. The zero-order chi connectivity index (χ0) is 22.8. The highest BCUT2D eigenvalue weighted by atomic mass is 35.5. The summed E-state index contributed by atoms with van der Waals surface area (Å²) in [6.07, 6.45) is 3.62. The first-order valence-electron chi connectivity index (χ1n) is 10.1. The van der Waals surface area contributed by atoms with Crippen LogP contribution < -0.4 is 15.5 Å². The van der Waals surface area contributed by atoms with E-state index in [1.54, 1.807) is 6.07 Å². The number of hydrazone groups is 1. The van der Waals surface area contributed by atoms with Gasteiger partial charge in [0.1, 0.15) is 11.8 Å². The third kappa shape index (κ3) is 7.89. The molecule has 0 bridgehead atoms. The van der Waals surface area contributed by atoms with Gasteiger partial charge in [-0.2, -0.15) is 5.10 Å². The Hall–Kier alpha value is -2.57. The molecule has 0 spiro atoms. The van der Waals surface area contributed by atoms with Crippen molar-refractivity contribution in [2.45, 2.75) is 39.7 Å². The number of nitrogens with one attached hydrogen (secondary N) is 2. The number of unbranched alkanes of at least 4 members (excludes halogenated alkanes) is 1. The fourth-order valence-electron chi connectivity index (χ4n) is 2.62. The largest absolute Gasteiger partial charge is 0.494 e. The Morgan fingerprint density at radius 2 is 1.81 bits per heavy atom. The fraction of sp³-hybridized carbons (Fsp3) is 0.348. The number of amides is 2. The molecule has 8 heteroatoms. The van der Waals surface area contributed by atoms with Gasteiger partial charge in [-0.25, -0.2) is 5.43 Å². The van der Waals surface area contributed by atoms with Crippen molar-refractivity contribution in [1.29, 1.82) is 0 Å². The van der Waals surface area contributed by atoms with E-state index in [9.17, 15) is 9.59 Å². The van der Waals surface area contributed by atoms with E-state index in [1.165, 1.54) is 18.3 Å². The van der Waals surface area contributed by atoms with Crippen LogP contribution in [0.5, 0.6) is 5.75 Å². The van der Waals surface area contributed by atoms with E-state index < -0.39 is 17.9 Å². The summed E-state index contributed by atoms with van der Waals surface area (Å²) in [4.78, 5) is 25.1. The summed E-state index contributed by atoms with van der Waals surface area (Å²) in [6.45, 7) is 6.46. The number of carbonyl (C=O) groups is 2. The lowest BCUT2D eigenvalue weighted by molar-refractivity contribution is -0.123. The molecule has 31 heavy (non-hydrogen) atoms. The number of rotatable bonds is 10. The van der Waals surface area contributed by atoms with Crippen LogP contribution in [0.3, 0.4) is 0 Å². The zero-order valence-corrected chi connectivity index (χ0v) is 19.3. The number of ether oxygens (including phenoxy) is 1. The zero-order valence-electron chi connectivity index (χ0n) is 17.8. The molecule has 0 heterocycles. The monoisotopic (exact) mass is 463 g/mol. The predicted octanol–water partition coefficient (Wildman–Crippen LogP) is 5.08. The van der Waals surface area contributed by atoms with Crippen LogP contribution in [0.4, 0.5) is 0 Å². The van der Waals surface area contributed by atoms with Gasteiger partial charge in [0.05, 0.1) is 22.9 Å². The van der Waals surface area contributed by atoms with Crippen LogP contribution in [0.1, 0.15) is 49.5 Å². The topological polar surface area (TPSA) is 79.8 Å². The smallest absolute Gasteiger partial charge is 0.262 e. The maximum Gasteiger partial charge on any atom is 0.262 e. The first-order valence-corrected chi connectivity index (χ1v) is 10.9. The van der Waals surface area contributed by atoms with Gasteiger partial charge < -0.3 is 10.1 Å². The maximum atomic E-state index is 12.6. The molecule has 166 valence electrons. The van der Waals surface area contributed by atoms with Gasteiger partial charge in [0.15, 0.2) is 0 Å². The van der Waals surface area contributed by atoms with Gasteiger partial charge in [0.2, 0.25) is 0 Å². The van der Waals surface area contributed by atoms with Gasteiger partial charge in [-0.1, -0.05) is 50.4 Å². The van der Waals surface area contributed by atoms with Gasteiger partial charge in [0.25, 0.3) is 11.8 Å². The van der Waals surface area contributed by atoms with Gasteiger partial charge in [-0.3, -0.25) is 9.59 Å². The molecule has 1 atom stereocenters. The van der Waals surface area contributed by atoms with E-state index in [0.29, 0.717) is 17.2 Å². The van der Waals surface area contributed by atoms with Crippen LogP contribution in [0, 0.1) is 5.92 Å². The maximum absolute atomic E-state index is 12.6. The summed E-state index contributed by atoms with van der Waals surface area (Å²) in [5, 5.41) is 7.34. The summed E-state index contributed by atoms with van der Waals surface area (Å²) < 4.78 is 5.62. The normalized spacial score (nSPS) is 12.1. The quantitative estimate of drug-likeness (QED) is 0.293. The number of halogens is 2. The van der Waals surface area contributed by atoms with Gasteiger partial charge in [0, 0.05) is 5.56 Å². The fourth-order valence-corrected chi connectivity index (χ4v) is 2.92. The molecular weight excluding hydrogens is 437 g/mol. The molecule has 0 aliphatic heterocycles. The van der Waals surface area contributed by atoms with Crippen molar-refractivity contribution in [3.63, 3.8) is 0 Å². The molecule has 0 saturated carbocycles. The van der Waals surface area contributed by atoms with Crippen molar-refractivity contribution in [2.75, 3.05) is 6.61 Å². The molecule has 2 N–H and O–H groups in total. The Labute approximate surface area is 193 Å². The van der Waals surface area contributed by atoms with Crippen molar-refractivity contribution in [3.8, 4) is 5.75 Å². The summed E-state index contributed by atoms with van der Waals surface area (Å²) in [6, 6.07) is 11.2. The van der Waals surface area contributed by atoms with Crippen LogP contribution in [0.2, 0.25) is 10.0 Å². The van der Waals surface area contributed by atoms with Gasteiger partial charge in [-0.15, -0.1) is 0 Å². The van der Waals surface area contributed by atoms with Crippen molar-refractivity contribution >= 4 is 41.2 Å². The molecule has 0 aromatic heterocycles. The molecular formula is C23H27Cl2N3O3. The molecule has 0 radical (unpaired) electrons. The molecule has 1 unspecified atom stereocenters. The summed E-state index contributed by atoms with van der Waals surface area (Å²) in [5.41, 5.74) is 3.61. The van der Waals surface area contributed by atoms with Crippen LogP contribution in [0.15, 0.2) is 47.6 Å². The minimum absolute atomic E-state index is 0.151. The van der Waals surface area contributed by atoms with E-state index in [2.05, 4.69) is 22.8 Å². The van der Waals surface area contributed by atoms with Crippen LogP contribution in [0.25, 0.3) is 0 Å². The van der Waals surface area contributed by atoms with E-state index in [4.69, 9.17) is 27.9 Å². The molecule has 0 aliphatic carbocycles. The molecule has 6 nitrogen and oxygen atoms in total. The molecule has 0 fully saturated rings. The average Bonchev–Trinajstić information content (AvgIpc) is 2.74.